The van der Waals surface area contributed by atoms with Crippen LogP contribution in [-0.4, -0.2) is 42.7 Å². The molecule has 0 aromatic heterocycles. The molecule has 168 valence electrons. The van der Waals surface area contributed by atoms with E-state index in [1.54, 1.807) is 21.3 Å². The van der Waals surface area contributed by atoms with Gasteiger partial charge in [-0.2, -0.15) is 0 Å². The van der Waals surface area contributed by atoms with Crippen molar-refractivity contribution in [3.63, 3.8) is 0 Å². The van der Waals surface area contributed by atoms with E-state index in [-0.39, 0.29) is 0 Å². The molecule has 0 N–H and O–H groups in total. The third-order valence-electron chi connectivity index (χ3n) is 5.93. The number of rotatable bonds is 6. The van der Waals surface area contributed by atoms with Crippen LogP contribution in [0.15, 0.2) is 54.6 Å². The van der Waals surface area contributed by atoms with Crippen molar-refractivity contribution in [2.24, 2.45) is 0 Å². The molecule has 1 saturated heterocycles. The maximum atomic E-state index is 6.35. The van der Waals surface area contributed by atoms with Gasteiger partial charge < -0.3 is 27.9 Å². The van der Waals surface area contributed by atoms with Crippen molar-refractivity contribution in [3.8, 4) is 17.2 Å². The Hall–Kier alpha value is -2.87. The van der Waals surface area contributed by atoms with Crippen LogP contribution < -0.4 is 30.6 Å². The number of aryl methyl sites for hydroxylation is 3. The second kappa shape index (κ2) is 9.95. The fourth-order valence-electron chi connectivity index (χ4n) is 3.99. The third kappa shape index (κ3) is 4.90. The number of methoxy groups -OCH3 is 3. The molecule has 0 amide bonds. The minimum Gasteiger partial charge on any atom is -0.497 e. The Balaban J connectivity index is 1.73. The van der Waals surface area contributed by atoms with Gasteiger partial charge in [0.25, 0.3) is 0 Å². The van der Waals surface area contributed by atoms with Crippen LogP contribution in [0.5, 0.6) is 17.2 Å². The summed E-state index contributed by atoms with van der Waals surface area (Å²) in [5, 5.41) is 0. The lowest BCUT2D eigenvalue weighted by Crippen LogP contribution is -2.62. The summed E-state index contributed by atoms with van der Waals surface area (Å²) in [6.45, 7) is 6.05. The van der Waals surface area contributed by atoms with E-state index in [2.05, 4.69) is 0 Å². The maximum Gasteiger partial charge on any atom is 0.467 e. The van der Waals surface area contributed by atoms with E-state index in [0.29, 0.717) is 0 Å². The number of hydrogen-bond donors (Lipinski definition) is 0. The van der Waals surface area contributed by atoms with Gasteiger partial charge in [0.05, 0.1) is 21.3 Å². The molecule has 4 rings (SSSR count). The average molecular weight is 444 g/mol. The van der Waals surface area contributed by atoms with Gasteiger partial charge in [0, 0.05) is 0 Å². The normalized spacial score (nSPS) is 13.8. The summed E-state index contributed by atoms with van der Waals surface area (Å²) in [5.41, 5.74) is 5.80. The highest BCUT2D eigenvalue weighted by molar-refractivity contribution is 6.87. The van der Waals surface area contributed by atoms with Crippen LogP contribution >= 0.6 is 0 Å². The highest BCUT2D eigenvalue weighted by Gasteiger charge is 2.45. The molecule has 0 radical (unpaired) electrons. The summed E-state index contributed by atoms with van der Waals surface area (Å²) < 4.78 is 35.1. The predicted molar refractivity (Wildman–Crippen MR) is 133 cm³/mol. The Bertz CT molecular complexity index is 992. The van der Waals surface area contributed by atoms with E-state index in [1.165, 1.54) is 0 Å². The molecule has 6 nitrogen and oxygen atoms in total. The standard InChI is InChI=1S/C24H27B3O6/c1-16-13-19(28-4)7-10-22(16)25-31-26(23-11-8-20(29-5)14-17(23)2)33-27(32-25)24-12-9-21(30-6)15-18(24)3/h7-15H,1-6H3. The monoisotopic (exact) mass is 444 g/mol. The number of ether oxygens (including phenoxy) is 3. The molecule has 3 aromatic carbocycles. The minimum absolute atomic E-state index is 0.623. The van der Waals surface area contributed by atoms with E-state index < -0.39 is 21.4 Å². The second-order valence-electron chi connectivity index (χ2n) is 8.07. The largest absolute Gasteiger partial charge is 0.497 e. The van der Waals surface area contributed by atoms with Crippen molar-refractivity contribution in [3.05, 3.63) is 71.3 Å². The molecule has 0 saturated carbocycles. The van der Waals surface area contributed by atoms with Gasteiger partial charge >= 0.3 is 21.4 Å². The molecule has 1 fully saturated rings. The molecule has 0 atom stereocenters. The van der Waals surface area contributed by atoms with Crippen molar-refractivity contribution in [2.75, 3.05) is 21.3 Å². The summed E-state index contributed by atoms with van der Waals surface area (Å²) in [6.07, 6.45) is 0. The topological polar surface area (TPSA) is 55.4 Å². The van der Waals surface area contributed by atoms with Crippen molar-refractivity contribution >= 4 is 37.7 Å². The molecule has 0 spiro atoms. The fourth-order valence-corrected chi connectivity index (χ4v) is 3.99. The van der Waals surface area contributed by atoms with Gasteiger partial charge in [0.2, 0.25) is 0 Å². The van der Waals surface area contributed by atoms with Crippen LogP contribution in [0.3, 0.4) is 0 Å². The zero-order chi connectivity index (χ0) is 23.5. The Kier molecular flexibility index (Phi) is 7.03. The first-order valence-corrected chi connectivity index (χ1v) is 10.8. The predicted octanol–water partition coefficient (Wildman–Crippen LogP) is 2.19. The summed E-state index contributed by atoms with van der Waals surface area (Å²) in [4.78, 5) is 0. The zero-order valence-electron chi connectivity index (χ0n) is 19.9. The van der Waals surface area contributed by atoms with Crippen molar-refractivity contribution < 1.29 is 27.9 Å². The summed E-state index contributed by atoms with van der Waals surface area (Å²) in [5.74, 6) is 2.36. The van der Waals surface area contributed by atoms with Gasteiger partial charge in [-0.25, -0.2) is 0 Å². The maximum absolute atomic E-state index is 6.35. The average Bonchev–Trinajstić information content (AvgIpc) is 2.83. The lowest BCUT2D eigenvalue weighted by molar-refractivity contribution is 0.308. The molecular weight excluding hydrogens is 417 g/mol. The smallest absolute Gasteiger partial charge is 0.467 e. The summed E-state index contributed by atoms with van der Waals surface area (Å²) >= 11 is 0. The highest BCUT2D eigenvalue weighted by Crippen LogP contribution is 2.19. The summed E-state index contributed by atoms with van der Waals surface area (Å²) in [7, 11) is 3.09. The van der Waals surface area contributed by atoms with Crippen LogP contribution in [0.2, 0.25) is 0 Å². The quantitative estimate of drug-likeness (QED) is 0.544. The van der Waals surface area contributed by atoms with E-state index in [4.69, 9.17) is 27.9 Å². The van der Waals surface area contributed by atoms with Gasteiger partial charge in [-0.05, 0) is 90.2 Å². The molecule has 0 aliphatic carbocycles. The van der Waals surface area contributed by atoms with Crippen molar-refractivity contribution in [1.82, 2.24) is 0 Å². The minimum atomic E-state index is -0.623. The second-order valence-corrected chi connectivity index (χ2v) is 8.07. The molecule has 1 aliphatic rings. The van der Waals surface area contributed by atoms with Crippen LogP contribution in [-0.2, 0) is 13.7 Å². The highest BCUT2D eigenvalue weighted by atomic mass is 16.7. The van der Waals surface area contributed by atoms with Crippen molar-refractivity contribution in [2.45, 2.75) is 20.8 Å². The lowest BCUT2D eigenvalue weighted by Gasteiger charge is -2.33. The summed E-state index contributed by atoms with van der Waals surface area (Å²) in [6, 6.07) is 17.6. The van der Waals surface area contributed by atoms with Gasteiger partial charge in [-0.3, -0.25) is 0 Å². The molecular formula is C24H27B3O6. The van der Waals surface area contributed by atoms with E-state index in [1.807, 2.05) is 75.4 Å². The fraction of sp³-hybridized carbons (Fsp3) is 0.250. The van der Waals surface area contributed by atoms with Gasteiger partial charge in [0.1, 0.15) is 17.2 Å². The first-order chi connectivity index (χ1) is 15.9. The van der Waals surface area contributed by atoms with Crippen LogP contribution in [0, 0.1) is 20.8 Å². The van der Waals surface area contributed by atoms with Gasteiger partial charge in [-0.1, -0.05) is 18.2 Å². The van der Waals surface area contributed by atoms with E-state index in [9.17, 15) is 0 Å². The first kappa shape index (κ1) is 23.3. The molecule has 9 heteroatoms. The lowest BCUT2D eigenvalue weighted by atomic mass is 9.60. The van der Waals surface area contributed by atoms with Crippen molar-refractivity contribution in [1.29, 1.82) is 0 Å². The van der Waals surface area contributed by atoms with E-state index >= 15 is 0 Å². The SMILES string of the molecule is COc1ccc(B2OB(c3ccc(OC)cc3C)OB(c3ccc(OC)cc3C)O2)c(C)c1. The van der Waals surface area contributed by atoms with E-state index in [0.717, 1.165) is 50.3 Å². The van der Waals surface area contributed by atoms with Crippen LogP contribution in [0.4, 0.5) is 0 Å². The zero-order valence-corrected chi connectivity index (χ0v) is 19.9. The molecule has 0 bridgehead atoms. The third-order valence-corrected chi connectivity index (χ3v) is 5.93. The van der Waals surface area contributed by atoms with Crippen LogP contribution in [0.25, 0.3) is 0 Å². The Morgan fingerprint density at radius 2 is 0.758 bits per heavy atom. The van der Waals surface area contributed by atoms with Crippen LogP contribution in [0.1, 0.15) is 16.7 Å². The molecule has 1 aliphatic heterocycles. The molecule has 1 heterocycles. The Morgan fingerprint density at radius 3 is 0.970 bits per heavy atom. The Morgan fingerprint density at radius 1 is 0.485 bits per heavy atom. The molecule has 33 heavy (non-hydrogen) atoms. The Labute approximate surface area is 196 Å². The first-order valence-electron chi connectivity index (χ1n) is 10.8. The number of benzene rings is 3. The van der Waals surface area contributed by atoms with Gasteiger partial charge in [0.15, 0.2) is 0 Å². The number of hydrogen-bond acceptors (Lipinski definition) is 6. The molecule has 0 unspecified atom stereocenters. The molecule has 3 aromatic rings. The van der Waals surface area contributed by atoms with Gasteiger partial charge in [-0.15, -0.1) is 0 Å².